The highest BCUT2D eigenvalue weighted by molar-refractivity contribution is 7.89. The Labute approximate surface area is 213 Å². The fourth-order valence-corrected chi connectivity index (χ4v) is 5.55. The molecule has 1 aromatic heterocycles. The Bertz CT molecular complexity index is 1550. The van der Waals surface area contributed by atoms with Gasteiger partial charge in [-0.25, -0.2) is 8.42 Å². The van der Waals surface area contributed by atoms with Crippen molar-refractivity contribution in [3.05, 3.63) is 83.4 Å². The molecule has 0 fully saturated rings. The molecule has 0 spiro atoms. The summed E-state index contributed by atoms with van der Waals surface area (Å²) in [6.45, 7) is 0.722. The molecule has 0 saturated heterocycles. The molecule has 10 nitrogen and oxygen atoms in total. The van der Waals surface area contributed by atoms with Gasteiger partial charge in [-0.1, -0.05) is 29.4 Å². The number of hydrogen-bond acceptors (Lipinski definition) is 8. The average molecular weight is 521 g/mol. The molecule has 0 radical (unpaired) electrons. The number of amides is 1. The fourth-order valence-electron chi connectivity index (χ4n) is 4.13. The van der Waals surface area contributed by atoms with Crippen LogP contribution in [-0.2, 0) is 23.0 Å². The van der Waals surface area contributed by atoms with Gasteiger partial charge in [0, 0.05) is 24.7 Å². The Morgan fingerprint density at radius 3 is 2.46 bits per heavy atom. The minimum atomic E-state index is -3.71. The first-order valence-corrected chi connectivity index (χ1v) is 12.9. The highest BCUT2D eigenvalue weighted by Crippen LogP contribution is 2.33. The lowest BCUT2D eigenvalue weighted by Gasteiger charge is -2.28. The van der Waals surface area contributed by atoms with Crippen molar-refractivity contribution in [2.24, 2.45) is 0 Å². The molecule has 1 N–H and O–H groups in total. The van der Waals surface area contributed by atoms with Crippen LogP contribution in [0.15, 0.2) is 76.0 Å². The van der Waals surface area contributed by atoms with Crippen LogP contribution in [0.3, 0.4) is 0 Å². The summed E-state index contributed by atoms with van der Waals surface area (Å²) in [5, 5.41) is 10.4. The molecule has 0 unspecified atom stereocenters. The van der Waals surface area contributed by atoms with Crippen LogP contribution in [0.4, 0.5) is 6.01 Å². The van der Waals surface area contributed by atoms with Crippen LogP contribution in [0.25, 0.3) is 11.5 Å². The molecule has 0 aliphatic carbocycles. The van der Waals surface area contributed by atoms with E-state index in [2.05, 4.69) is 15.5 Å². The second kappa shape index (κ2) is 10.0. The summed E-state index contributed by atoms with van der Waals surface area (Å²) >= 11 is 0. The molecule has 1 amide bonds. The van der Waals surface area contributed by atoms with Crippen LogP contribution in [0.5, 0.6) is 11.5 Å². The summed E-state index contributed by atoms with van der Waals surface area (Å²) in [5.41, 5.74) is 2.94. The highest BCUT2D eigenvalue weighted by atomic mass is 32.2. The minimum absolute atomic E-state index is 0.110. The summed E-state index contributed by atoms with van der Waals surface area (Å²) in [7, 11) is -0.655. The molecule has 37 heavy (non-hydrogen) atoms. The largest absolute Gasteiger partial charge is 0.497 e. The third kappa shape index (κ3) is 4.91. The number of carbonyl (C=O) groups is 1. The Kier molecular flexibility index (Phi) is 6.64. The number of rotatable bonds is 7. The van der Waals surface area contributed by atoms with E-state index in [1.165, 1.54) is 35.7 Å². The normalized spacial score (nSPS) is 13.6. The number of fused-ring (bicyclic) bond motifs is 1. The van der Waals surface area contributed by atoms with Gasteiger partial charge < -0.3 is 13.9 Å². The molecular formula is C26H24N4O6S. The van der Waals surface area contributed by atoms with E-state index < -0.39 is 15.9 Å². The minimum Gasteiger partial charge on any atom is -0.497 e. The van der Waals surface area contributed by atoms with Gasteiger partial charge in [-0.15, -0.1) is 5.10 Å². The second-order valence-corrected chi connectivity index (χ2v) is 10.3. The number of methoxy groups -OCH3 is 2. The first-order valence-electron chi connectivity index (χ1n) is 11.4. The lowest BCUT2D eigenvalue weighted by atomic mass is 10.0. The van der Waals surface area contributed by atoms with Crippen LogP contribution in [0.2, 0.25) is 0 Å². The number of ether oxygens (including phenoxy) is 2. The predicted octanol–water partition coefficient (Wildman–Crippen LogP) is 3.75. The van der Waals surface area contributed by atoms with Crippen LogP contribution < -0.4 is 14.8 Å². The van der Waals surface area contributed by atoms with Crippen molar-refractivity contribution in [2.45, 2.75) is 17.9 Å². The zero-order valence-corrected chi connectivity index (χ0v) is 21.0. The summed E-state index contributed by atoms with van der Waals surface area (Å²) in [5.74, 6) is 0.700. The number of anilines is 1. The van der Waals surface area contributed by atoms with Gasteiger partial charge in [0.2, 0.25) is 10.0 Å². The number of nitrogens with one attached hydrogen (secondary N) is 1. The van der Waals surface area contributed by atoms with Crippen molar-refractivity contribution in [1.82, 2.24) is 14.5 Å². The van der Waals surface area contributed by atoms with Crippen LogP contribution >= 0.6 is 0 Å². The van der Waals surface area contributed by atoms with Gasteiger partial charge >= 0.3 is 6.01 Å². The molecule has 1 aliphatic rings. The van der Waals surface area contributed by atoms with Crippen molar-refractivity contribution in [2.75, 3.05) is 26.1 Å². The van der Waals surface area contributed by atoms with Crippen molar-refractivity contribution in [1.29, 1.82) is 0 Å². The summed E-state index contributed by atoms with van der Waals surface area (Å²) in [6, 6.07) is 18.6. The number of benzene rings is 3. The standard InChI is InChI=1S/C26H24N4O6S/c1-34-20-9-12-22(23(15-20)35-2)25-28-29-26(36-25)27-24(31)18-7-10-21(11-8-18)37(32,33)30-14-13-17-5-3-4-6-19(17)16-30/h3-12,15H,13-14,16H2,1-2H3,(H,27,29,31). The number of nitrogens with zero attached hydrogens (tertiary/aromatic N) is 3. The lowest BCUT2D eigenvalue weighted by molar-refractivity contribution is 0.102. The Balaban J connectivity index is 1.28. The van der Waals surface area contributed by atoms with E-state index in [1.54, 1.807) is 25.3 Å². The fraction of sp³-hybridized carbons (Fsp3) is 0.192. The van der Waals surface area contributed by atoms with Crippen molar-refractivity contribution in [3.8, 4) is 23.0 Å². The molecule has 2 heterocycles. The molecule has 3 aromatic carbocycles. The maximum Gasteiger partial charge on any atom is 0.322 e. The number of hydrogen-bond donors (Lipinski definition) is 1. The zero-order valence-electron chi connectivity index (χ0n) is 20.2. The molecular weight excluding hydrogens is 496 g/mol. The third-order valence-corrected chi connectivity index (χ3v) is 7.99. The smallest absolute Gasteiger partial charge is 0.322 e. The average Bonchev–Trinajstić information content (AvgIpc) is 3.40. The predicted molar refractivity (Wildman–Crippen MR) is 135 cm³/mol. The maximum absolute atomic E-state index is 13.2. The van der Waals surface area contributed by atoms with Gasteiger partial charge in [0.1, 0.15) is 11.5 Å². The van der Waals surface area contributed by atoms with Gasteiger partial charge in [-0.05, 0) is 53.9 Å². The second-order valence-electron chi connectivity index (χ2n) is 8.31. The molecule has 190 valence electrons. The molecule has 4 aromatic rings. The molecule has 5 rings (SSSR count). The number of sulfonamides is 1. The van der Waals surface area contributed by atoms with Crippen LogP contribution in [0.1, 0.15) is 21.5 Å². The van der Waals surface area contributed by atoms with Gasteiger partial charge in [0.25, 0.3) is 11.8 Å². The summed E-state index contributed by atoms with van der Waals surface area (Å²) in [4.78, 5) is 12.8. The summed E-state index contributed by atoms with van der Waals surface area (Å²) < 4.78 is 43.9. The molecule has 1 aliphatic heterocycles. The van der Waals surface area contributed by atoms with E-state index in [1.807, 2.05) is 24.3 Å². The third-order valence-electron chi connectivity index (χ3n) is 6.13. The first kappa shape index (κ1) is 24.5. The van der Waals surface area contributed by atoms with E-state index in [-0.39, 0.29) is 22.4 Å². The Morgan fingerprint density at radius 2 is 1.73 bits per heavy atom. The van der Waals surface area contributed by atoms with E-state index in [0.29, 0.717) is 36.6 Å². The van der Waals surface area contributed by atoms with Crippen molar-refractivity contribution < 1.29 is 27.1 Å². The zero-order chi connectivity index (χ0) is 26.0. The van der Waals surface area contributed by atoms with E-state index >= 15 is 0 Å². The van der Waals surface area contributed by atoms with Crippen LogP contribution in [-0.4, -0.2) is 49.6 Å². The quantitative estimate of drug-likeness (QED) is 0.391. The first-order chi connectivity index (χ1) is 17.9. The number of carbonyl (C=O) groups excluding carboxylic acids is 1. The van der Waals surface area contributed by atoms with Gasteiger partial charge in [-0.3, -0.25) is 10.1 Å². The topological polar surface area (TPSA) is 124 Å². The molecule has 11 heteroatoms. The monoisotopic (exact) mass is 520 g/mol. The molecule has 0 bridgehead atoms. The highest BCUT2D eigenvalue weighted by Gasteiger charge is 2.28. The number of aromatic nitrogens is 2. The van der Waals surface area contributed by atoms with Gasteiger partial charge in [0.15, 0.2) is 0 Å². The lowest BCUT2D eigenvalue weighted by Crippen LogP contribution is -2.35. The maximum atomic E-state index is 13.2. The SMILES string of the molecule is COc1ccc(-c2nnc(NC(=O)c3ccc(S(=O)(=O)N4CCc5ccccc5C4)cc3)o2)c(OC)c1. The van der Waals surface area contributed by atoms with Crippen molar-refractivity contribution >= 4 is 21.9 Å². The van der Waals surface area contributed by atoms with Gasteiger partial charge in [-0.2, -0.15) is 4.31 Å². The van der Waals surface area contributed by atoms with Crippen molar-refractivity contribution in [3.63, 3.8) is 0 Å². The Morgan fingerprint density at radius 1 is 0.973 bits per heavy atom. The molecule has 0 saturated carbocycles. The van der Waals surface area contributed by atoms with E-state index in [9.17, 15) is 13.2 Å². The van der Waals surface area contributed by atoms with E-state index in [4.69, 9.17) is 13.9 Å². The Hall–Kier alpha value is -4.22. The molecule has 0 atom stereocenters. The van der Waals surface area contributed by atoms with E-state index in [0.717, 1.165) is 11.1 Å². The van der Waals surface area contributed by atoms with Crippen LogP contribution in [0, 0.1) is 0 Å². The van der Waals surface area contributed by atoms with Gasteiger partial charge in [0.05, 0.1) is 24.7 Å². The summed E-state index contributed by atoms with van der Waals surface area (Å²) in [6.07, 6.45) is 0.657.